The number of hydrogen-bond acceptors (Lipinski definition) is 1. The minimum absolute atomic E-state index is 0.283. The van der Waals surface area contributed by atoms with Crippen molar-refractivity contribution in [2.75, 3.05) is 0 Å². The quantitative estimate of drug-likeness (QED) is 0.789. The van der Waals surface area contributed by atoms with E-state index in [9.17, 15) is 4.39 Å². The molecule has 0 aliphatic carbocycles. The van der Waals surface area contributed by atoms with Gasteiger partial charge in [0.05, 0.1) is 0 Å². The predicted molar refractivity (Wildman–Crippen MR) is 69.9 cm³/mol. The molecule has 0 aromatic heterocycles. The van der Waals surface area contributed by atoms with Gasteiger partial charge in [-0.15, -0.1) is 0 Å². The van der Waals surface area contributed by atoms with Crippen molar-refractivity contribution in [3.8, 4) is 5.75 Å². The van der Waals surface area contributed by atoms with Crippen LogP contribution in [0.5, 0.6) is 5.75 Å². The molecule has 2 rings (SSSR count). The van der Waals surface area contributed by atoms with Crippen LogP contribution >= 0.6 is 27.5 Å². The van der Waals surface area contributed by atoms with Gasteiger partial charge in [0.1, 0.15) is 18.2 Å². The van der Waals surface area contributed by atoms with Crippen LogP contribution in [0.4, 0.5) is 4.39 Å². The van der Waals surface area contributed by atoms with Crippen LogP contribution in [0.3, 0.4) is 0 Å². The first-order valence-corrected chi connectivity index (χ1v) is 6.14. The van der Waals surface area contributed by atoms with Crippen molar-refractivity contribution in [3.05, 3.63) is 63.3 Å². The van der Waals surface area contributed by atoms with Crippen molar-refractivity contribution in [1.29, 1.82) is 0 Å². The molecule has 2 aromatic carbocycles. The minimum atomic E-state index is -0.283. The van der Waals surface area contributed by atoms with E-state index in [1.165, 1.54) is 12.1 Å². The monoisotopic (exact) mass is 314 g/mol. The molecule has 0 saturated heterocycles. The molecule has 0 heterocycles. The SMILES string of the molecule is Fc1cc(Br)cc(COc2ccc(Cl)cc2)c1. The van der Waals surface area contributed by atoms with Gasteiger partial charge in [0.25, 0.3) is 0 Å². The Labute approximate surface area is 112 Å². The summed E-state index contributed by atoms with van der Waals surface area (Å²) in [6.07, 6.45) is 0. The van der Waals surface area contributed by atoms with Crippen LogP contribution in [0.25, 0.3) is 0 Å². The first kappa shape index (κ1) is 12.4. The fraction of sp³-hybridized carbons (Fsp3) is 0.0769. The molecule has 0 aliphatic rings. The Morgan fingerprint density at radius 3 is 2.47 bits per heavy atom. The summed E-state index contributed by atoms with van der Waals surface area (Å²) >= 11 is 8.99. The second kappa shape index (κ2) is 5.52. The van der Waals surface area contributed by atoms with E-state index >= 15 is 0 Å². The summed E-state index contributed by atoms with van der Waals surface area (Å²) in [5.74, 6) is 0.420. The summed E-state index contributed by atoms with van der Waals surface area (Å²) in [6.45, 7) is 0.317. The van der Waals surface area contributed by atoms with Gasteiger partial charge in [0.2, 0.25) is 0 Å². The number of halogens is 3. The zero-order valence-electron chi connectivity index (χ0n) is 8.79. The van der Waals surface area contributed by atoms with Gasteiger partial charge < -0.3 is 4.74 Å². The molecule has 0 N–H and O–H groups in total. The van der Waals surface area contributed by atoms with Crippen molar-refractivity contribution in [3.63, 3.8) is 0 Å². The number of ether oxygens (including phenoxy) is 1. The van der Waals surface area contributed by atoms with E-state index in [0.717, 1.165) is 5.56 Å². The molecule has 0 bridgehead atoms. The molecular weight excluding hydrogens is 306 g/mol. The van der Waals surface area contributed by atoms with Gasteiger partial charge in [0.15, 0.2) is 0 Å². The molecule has 0 amide bonds. The zero-order valence-corrected chi connectivity index (χ0v) is 11.1. The molecule has 0 atom stereocenters. The third-order valence-electron chi connectivity index (χ3n) is 2.14. The summed E-state index contributed by atoms with van der Waals surface area (Å²) in [6, 6.07) is 11.7. The van der Waals surface area contributed by atoms with Gasteiger partial charge in [-0.25, -0.2) is 4.39 Å². The van der Waals surface area contributed by atoms with E-state index in [0.29, 0.717) is 21.9 Å². The molecule has 0 unspecified atom stereocenters. The molecule has 0 spiro atoms. The van der Waals surface area contributed by atoms with Gasteiger partial charge in [-0.05, 0) is 48.0 Å². The average Bonchev–Trinajstić information content (AvgIpc) is 2.27. The van der Waals surface area contributed by atoms with Gasteiger partial charge in [0, 0.05) is 9.50 Å². The Balaban J connectivity index is 2.04. The summed E-state index contributed by atoms with van der Waals surface area (Å²) in [5.41, 5.74) is 0.770. The molecule has 17 heavy (non-hydrogen) atoms. The Morgan fingerprint density at radius 2 is 1.82 bits per heavy atom. The Kier molecular flexibility index (Phi) is 4.02. The van der Waals surface area contributed by atoms with E-state index in [1.54, 1.807) is 24.3 Å². The first-order chi connectivity index (χ1) is 8.13. The number of benzene rings is 2. The molecule has 1 nitrogen and oxygen atoms in total. The molecule has 88 valence electrons. The molecular formula is C13H9BrClFO. The first-order valence-electron chi connectivity index (χ1n) is 4.97. The fourth-order valence-electron chi connectivity index (χ4n) is 1.39. The zero-order chi connectivity index (χ0) is 12.3. The molecule has 0 radical (unpaired) electrons. The van der Waals surface area contributed by atoms with Crippen LogP contribution in [0, 0.1) is 5.82 Å². The van der Waals surface area contributed by atoms with E-state index in [-0.39, 0.29) is 5.82 Å². The molecule has 0 fully saturated rings. The lowest BCUT2D eigenvalue weighted by Crippen LogP contribution is -1.96. The van der Waals surface area contributed by atoms with Gasteiger partial charge in [-0.3, -0.25) is 0 Å². The third kappa shape index (κ3) is 3.72. The Hall–Kier alpha value is -1.06. The number of hydrogen-bond donors (Lipinski definition) is 0. The van der Waals surface area contributed by atoms with Crippen LogP contribution in [0.2, 0.25) is 5.02 Å². The largest absolute Gasteiger partial charge is 0.489 e. The van der Waals surface area contributed by atoms with Crippen LogP contribution in [-0.2, 0) is 6.61 Å². The lowest BCUT2D eigenvalue weighted by molar-refractivity contribution is 0.305. The highest BCUT2D eigenvalue weighted by atomic mass is 79.9. The molecule has 0 saturated carbocycles. The summed E-state index contributed by atoms with van der Waals surface area (Å²) in [7, 11) is 0. The van der Waals surface area contributed by atoms with Crippen molar-refractivity contribution in [2.24, 2.45) is 0 Å². The van der Waals surface area contributed by atoms with Crippen molar-refractivity contribution in [2.45, 2.75) is 6.61 Å². The second-order valence-corrected chi connectivity index (χ2v) is 4.87. The Morgan fingerprint density at radius 1 is 1.12 bits per heavy atom. The van der Waals surface area contributed by atoms with Crippen LogP contribution in [0.1, 0.15) is 5.56 Å². The van der Waals surface area contributed by atoms with E-state index < -0.39 is 0 Å². The lowest BCUT2D eigenvalue weighted by Gasteiger charge is -2.06. The highest BCUT2D eigenvalue weighted by Crippen LogP contribution is 2.19. The maximum atomic E-state index is 13.1. The smallest absolute Gasteiger partial charge is 0.124 e. The van der Waals surface area contributed by atoms with Crippen molar-refractivity contribution < 1.29 is 9.13 Å². The highest BCUT2D eigenvalue weighted by Gasteiger charge is 2.00. The maximum absolute atomic E-state index is 13.1. The summed E-state index contributed by atoms with van der Waals surface area (Å²) in [5, 5.41) is 0.658. The van der Waals surface area contributed by atoms with Gasteiger partial charge in [-0.2, -0.15) is 0 Å². The average molecular weight is 316 g/mol. The number of rotatable bonds is 3. The minimum Gasteiger partial charge on any atom is -0.489 e. The lowest BCUT2D eigenvalue weighted by atomic mass is 10.2. The fourth-order valence-corrected chi connectivity index (χ4v) is 2.03. The third-order valence-corrected chi connectivity index (χ3v) is 2.85. The Bertz CT molecular complexity index is 493. The van der Waals surface area contributed by atoms with Crippen LogP contribution < -0.4 is 4.74 Å². The van der Waals surface area contributed by atoms with Gasteiger partial charge >= 0.3 is 0 Å². The molecule has 4 heteroatoms. The summed E-state index contributed by atoms with van der Waals surface area (Å²) < 4.78 is 19.3. The molecule has 2 aromatic rings. The highest BCUT2D eigenvalue weighted by molar-refractivity contribution is 9.10. The second-order valence-electron chi connectivity index (χ2n) is 3.52. The maximum Gasteiger partial charge on any atom is 0.124 e. The molecule has 0 aliphatic heterocycles. The van der Waals surface area contributed by atoms with Crippen molar-refractivity contribution >= 4 is 27.5 Å². The van der Waals surface area contributed by atoms with Crippen LogP contribution in [-0.4, -0.2) is 0 Å². The van der Waals surface area contributed by atoms with Crippen molar-refractivity contribution in [1.82, 2.24) is 0 Å². The van der Waals surface area contributed by atoms with E-state index in [2.05, 4.69) is 15.9 Å². The summed E-state index contributed by atoms with van der Waals surface area (Å²) in [4.78, 5) is 0. The topological polar surface area (TPSA) is 9.23 Å². The van der Waals surface area contributed by atoms with Gasteiger partial charge in [-0.1, -0.05) is 27.5 Å². The predicted octanol–water partition coefficient (Wildman–Crippen LogP) is 4.82. The van der Waals surface area contributed by atoms with Crippen LogP contribution in [0.15, 0.2) is 46.9 Å². The van der Waals surface area contributed by atoms with E-state index in [4.69, 9.17) is 16.3 Å². The normalized spacial score (nSPS) is 10.3. The standard InChI is InChI=1S/C13H9BrClFO/c14-10-5-9(6-12(16)7-10)8-17-13-3-1-11(15)2-4-13/h1-7H,8H2. The van der Waals surface area contributed by atoms with E-state index in [1.807, 2.05) is 6.07 Å².